The molecule has 0 saturated heterocycles. The van der Waals surface area contributed by atoms with Gasteiger partial charge in [-0.05, 0) is 31.5 Å². The van der Waals surface area contributed by atoms with Crippen LogP contribution in [0.3, 0.4) is 0 Å². The van der Waals surface area contributed by atoms with Crippen LogP contribution >= 0.6 is 0 Å². The molecule has 4 aromatic rings. The molecule has 2 heterocycles. The van der Waals surface area contributed by atoms with Crippen molar-refractivity contribution in [2.45, 2.75) is 32.8 Å². The topological polar surface area (TPSA) is 117 Å². The second-order valence-electron chi connectivity index (χ2n) is 8.27. The number of nitriles is 1. The number of amides is 1. The highest BCUT2D eigenvalue weighted by Crippen LogP contribution is 2.33. The SMILES string of the molecule is Cc1nnc(CC#N)c2nn(-c3ccccc3OC(CCN(C)C(=O)O)c3ccccc3)c(C)c12. The Morgan fingerprint density at radius 1 is 1.14 bits per heavy atom. The van der Waals surface area contributed by atoms with E-state index in [1.54, 1.807) is 11.7 Å². The van der Waals surface area contributed by atoms with Crippen LogP contribution < -0.4 is 4.74 Å². The molecule has 0 saturated carbocycles. The second kappa shape index (κ2) is 10.2. The lowest BCUT2D eigenvalue weighted by Crippen LogP contribution is -2.27. The minimum atomic E-state index is -0.984. The third kappa shape index (κ3) is 4.92. The van der Waals surface area contributed by atoms with E-state index in [4.69, 9.17) is 9.84 Å². The maximum absolute atomic E-state index is 11.3. The van der Waals surface area contributed by atoms with Crippen LogP contribution in [-0.4, -0.2) is 49.7 Å². The Bertz CT molecular complexity index is 1390. The van der Waals surface area contributed by atoms with Crippen LogP contribution in [0.1, 0.15) is 35.2 Å². The van der Waals surface area contributed by atoms with E-state index in [1.807, 2.05) is 68.4 Å². The molecule has 0 aliphatic heterocycles. The Balaban J connectivity index is 1.76. The second-order valence-corrected chi connectivity index (χ2v) is 8.27. The molecule has 0 spiro atoms. The Kier molecular flexibility index (Phi) is 6.92. The molecule has 0 fully saturated rings. The zero-order chi connectivity index (χ0) is 24.9. The average molecular weight is 471 g/mol. The van der Waals surface area contributed by atoms with Crippen LogP contribution in [0.5, 0.6) is 5.75 Å². The Morgan fingerprint density at radius 3 is 2.57 bits per heavy atom. The number of hydrogen-bond donors (Lipinski definition) is 1. The summed E-state index contributed by atoms with van der Waals surface area (Å²) >= 11 is 0. The highest BCUT2D eigenvalue weighted by atomic mass is 16.5. The van der Waals surface area contributed by atoms with Gasteiger partial charge in [0.15, 0.2) is 0 Å². The molecule has 2 aromatic heterocycles. The lowest BCUT2D eigenvalue weighted by molar-refractivity contribution is 0.140. The van der Waals surface area contributed by atoms with Crippen molar-refractivity contribution in [3.05, 3.63) is 77.2 Å². The molecule has 0 bridgehead atoms. The van der Waals surface area contributed by atoms with E-state index in [9.17, 15) is 15.2 Å². The van der Waals surface area contributed by atoms with Crippen LogP contribution in [0, 0.1) is 25.2 Å². The predicted octanol–water partition coefficient (Wildman–Crippen LogP) is 4.62. The van der Waals surface area contributed by atoms with Crippen molar-refractivity contribution in [2.75, 3.05) is 13.6 Å². The number of hydrogen-bond acceptors (Lipinski definition) is 6. The number of fused-ring (bicyclic) bond motifs is 1. The van der Waals surface area contributed by atoms with Crippen molar-refractivity contribution in [3.63, 3.8) is 0 Å². The van der Waals surface area contributed by atoms with Gasteiger partial charge < -0.3 is 14.7 Å². The molecule has 1 amide bonds. The molecule has 1 atom stereocenters. The first-order valence-corrected chi connectivity index (χ1v) is 11.2. The fourth-order valence-electron chi connectivity index (χ4n) is 4.05. The van der Waals surface area contributed by atoms with Crippen LogP contribution in [0.15, 0.2) is 54.6 Å². The molecule has 1 unspecified atom stereocenters. The number of carbonyl (C=O) groups is 1. The lowest BCUT2D eigenvalue weighted by atomic mass is 10.1. The smallest absolute Gasteiger partial charge is 0.407 e. The number of rotatable bonds is 8. The van der Waals surface area contributed by atoms with Crippen LogP contribution in [0.4, 0.5) is 4.79 Å². The largest absolute Gasteiger partial charge is 0.483 e. The van der Waals surface area contributed by atoms with E-state index in [1.165, 1.54) is 4.90 Å². The minimum absolute atomic E-state index is 0.117. The van der Waals surface area contributed by atoms with Gasteiger partial charge in [-0.2, -0.15) is 20.6 Å². The summed E-state index contributed by atoms with van der Waals surface area (Å²) in [5.41, 5.74) is 4.47. The Labute approximate surface area is 203 Å². The van der Waals surface area contributed by atoms with Gasteiger partial charge >= 0.3 is 6.09 Å². The van der Waals surface area contributed by atoms with Gasteiger partial charge in [0, 0.05) is 25.4 Å². The van der Waals surface area contributed by atoms with Crippen LogP contribution in [-0.2, 0) is 6.42 Å². The molecule has 35 heavy (non-hydrogen) atoms. The van der Waals surface area contributed by atoms with Gasteiger partial charge in [0.25, 0.3) is 0 Å². The van der Waals surface area contributed by atoms with Crippen molar-refractivity contribution in [1.82, 2.24) is 24.9 Å². The van der Waals surface area contributed by atoms with E-state index in [2.05, 4.69) is 16.3 Å². The van der Waals surface area contributed by atoms with Crippen molar-refractivity contribution in [3.8, 4) is 17.5 Å². The van der Waals surface area contributed by atoms with Gasteiger partial charge in [0.2, 0.25) is 0 Å². The summed E-state index contributed by atoms with van der Waals surface area (Å²) < 4.78 is 8.31. The zero-order valence-corrected chi connectivity index (χ0v) is 19.8. The highest BCUT2D eigenvalue weighted by molar-refractivity contribution is 5.86. The monoisotopic (exact) mass is 470 g/mol. The number of nitrogens with zero attached hydrogens (tertiary/aromatic N) is 6. The van der Waals surface area contributed by atoms with Crippen molar-refractivity contribution in [1.29, 1.82) is 5.26 Å². The highest BCUT2D eigenvalue weighted by Gasteiger charge is 2.21. The third-order valence-electron chi connectivity index (χ3n) is 5.91. The van der Waals surface area contributed by atoms with Crippen molar-refractivity contribution < 1.29 is 14.6 Å². The Hall–Kier alpha value is -4.45. The number of benzene rings is 2. The van der Waals surface area contributed by atoms with E-state index in [0.717, 1.165) is 28.0 Å². The fraction of sp³-hybridized carbons (Fsp3) is 0.269. The number of carboxylic acid groups (broad SMARTS) is 1. The summed E-state index contributed by atoms with van der Waals surface area (Å²) in [6.07, 6.45) is -0.767. The number of ether oxygens (including phenoxy) is 1. The fourth-order valence-corrected chi connectivity index (χ4v) is 4.05. The van der Waals surface area contributed by atoms with E-state index >= 15 is 0 Å². The molecule has 2 aromatic carbocycles. The molecule has 0 aliphatic carbocycles. The summed E-state index contributed by atoms with van der Waals surface area (Å²) in [6.45, 7) is 4.14. The number of aromatic nitrogens is 4. The van der Waals surface area contributed by atoms with E-state index < -0.39 is 6.09 Å². The van der Waals surface area contributed by atoms with Gasteiger partial charge in [0.05, 0.1) is 23.9 Å². The van der Waals surface area contributed by atoms with E-state index in [-0.39, 0.29) is 12.5 Å². The molecule has 9 heteroatoms. The summed E-state index contributed by atoms with van der Waals surface area (Å²) in [5, 5.41) is 32.5. The molecular weight excluding hydrogens is 444 g/mol. The van der Waals surface area contributed by atoms with E-state index in [0.29, 0.717) is 29.9 Å². The standard InChI is InChI=1S/C26H26N6O3/c1-17-24-18(2)32(30-25(24)20(13-15-27)29-28-17)21-11-7-8-12-23(21)35-22(14-16-31(3)26(33)34)19-9-5-4-6-10-19/h4-12,22H,13-14,16H2,1-3H3,(H,33,34). The van der Waals surface area contributed by atoms with Crippen LogP contribution in [0.25, 0.3) is 16.6 Å². The minimum Gasteiger partial charge on any atom is -0.483 e. The quantitative estimate of drug-likeness (QED) is 0.399. The first-order valence-electron chi connectivity index (χ1n) is 11.2. The number of para-hydroxylation sites is 2. The molecular formula is C26H26N6O3. The summed E-state index contributed by atoms with van der Waals surface area (Å²) in [6, 6.07) is 19.4. The maximum Gasteiger partial charge on any atom is 0.407 e. The molecule has 4 rings (SSSR count). The number of aryl methyl sites for hydroxylation is 2. The Morgan fingerprint density at radius 2 is 1.86 bits per heavy atom. The normalized spacial score (nSPS) is 11.7. The lowest BCUT2D eigenvalue weighted by Gasteiger charge is -2.23. The predicted molar refractivity (Wildman–Crippen MR) is 131 cm³/mol. The molecule has 0 radical (unpaired) electrons. The molecule has 0 aliphatic rings. The van der Waals surface area contributed by atoms with Gasteiger partial charge in [0.1, 0.15) is 28.8 Å². The van der Waals surface area contributed by atoms with Crippen LogP contribution in [0.2, 0.25) is 0 Å². The van der Waals surface area contributed by atoms with Crippen molar-refractivity contribution in [2.24, 2.45) is 0 Å². The zero-order valence-electron chi connectivity index (χ0n) is 19.8. The molecule has 9 nitrogen and oxygen atoms in total. The van der Waals surface area contributed by atoms with Gasteiger partial charge in [-0.1, -0.05) is 42.5 Å². The summed E-state index contributed by atoms with van der Waals surface area (Å²) in [5.74, 6) is 0.607. The summed E-state index contributed by atoms with van der Waals surface area (Å²) in [7, 11) is 1.54. The maximum atomic E-state index is 11.3. The van der Waals surface area contributed by atoms with Gasteiger partial charge in [-0.3, -0.25) is 0 Å². The van der Waals surface area contributed by atoms with Gasteiger partial charge in [-0.25, -0.2) is 9.48 Å². The van der Waals surface area contributed by atoms with Crippen molar-refractivity contribution >= 4 is 17.0 Å². The third-order valence-corrected chi connectivity index (χ3v) is 5.91. The molecule has 178 valence electrons. The first-order chi connectivity index (χ1) is 16.9. The summed E-state index contributed by atoms with van der Waals surface area (Å²) in [4.78, 5) is 12.6. The average Bonchev–Trinajstić information content (AvgIpc) is 3.22. The first kappa shape index (κ1) is 23.7. The van der Waals surface area contributed by atoms with Gasteiger partial charge in [-0.15, -0.1) is 0 Å². The molecule has 1 N–H and O–H groups in total.